The number of unbranched alkanes of at least 4 members (excludes halogenated alkanes) is 16. The summed E-state index contributed by atoms with van der Waals surface area (Å²) in [5.74, 6) is 1.79. The van der Waals surface area contributed by atoms with Crippen molar-refractivity contribution in [1.82, 2.24) is 0 Å². The van der Waals surface area contributed by atoms with Crippen LogP contribution in [-0.2, 0) is 0 Å². The van der Waals surface area contributed by atoms with Crippen LogP contribution >= 0.6 is 31.9 Å². The topological polar surface area (TPSA) is 18.5 Å². The van der Waals surface area contributed by atoms with Gasteiger partial charge in [0.05, 0.1) is 22.2 Å². The summed E-state index contributed by atoms with van der Waals surface area (Å²) in [7, 11) is 0. The third-order valence-corrected chi connectivity index (χ3v) is 7.24. The molecule has 2 nitrogen and oxygen atoms in total. The summed E-state index contributed by atoms with van der Waals surface area (Å²) < 4.78 is 14.0. The van der Waals surface area contributed by atoms with Gasteiger partial charge < -0.3 is 9.47 Å². The number of halogens is 2. The van der Waals surface area contributed by atoms with Gasteiger partial charge in [0.25, 0.3) is 0 Å². The molecule has 0 fully saturated rings. The van der Waals surface area contributed by atoms with E-state index in [2.05, 4.69) is 45.7 Å². The van der Waals surface area contributed by atoms with Crippen LogP contribution in [0.5, 0.6) is 11.5 Å². The minimum absolute atomic E-state index is 0.777. The number of hydrogen-bond acceptors (Lipinski definition) is 2. The lowest BCUT2D eigenvalue weighted by Gasteiger charge is -2.13. The molecule has 1 aromatic carbocycles. The molecule has 0 atom stereocenters. The highest BCUT2D eigenvalue weighted by molar-refractivity contribution is 9.11. The van der Waals surface area contributed by atoms with Gasteiger partial charge in [0.15, 0.2) is 0 Å². The Balaban J connectivity index is 2.11. The number of rotatable bonds is 22. The highest BCUT2D eigenvalue weighted by Crippen LogP contribution is 2.36. The summed E-state index contributed by atoms with van der Waals surface area (Å²) >= 11 is 7.30. The summed E-state index contributed by atoms with van der Waals surface area (Å²) in [6.07, 6.45) is 24.0. The first-order chi connectivity index (χ1) is 15.7. The Morgan fingerprint density at radius 3 is 1.06 bits per heavy atom. The van der Waals surface area contributed by atoms with Crippen LogP contribution in [0.3, 0.4) is 0 Å². The maximum Gasteiger partial charge on any atom is 0.134 e. The van der Waals surface area contributed by atoms with E-state index in [0.717, 1.165) is 46.5 Å². The lowest BCUT2D eigenvalue weighted by Crippen LogP contribution is -2.01. The lowest BCUT2D eigenvalue weighted by atomic mass is 10.1. The molecule has 0 aromatic heterocycles. The fourth-order valence-electron chi connectivity index (χ4n) is 3.92. The van der Waals surface area contributed by atoms with Crippen molar-refractivity contribution >= 4 is 31.9 Å². The van der Waals surface area contributed by atoms with Crippen LogP contribution in [0.2, 0.25) is 0 Å². The molecule has 0 aliphatic carbocycles. The summed E-state index contributed by atoms with van der Waals surface area (Å²) in [4.78, 5) is 0. The summed E-state index contributed by atoms with van der Waals surface area (Å²) in [5.41, 5.74) is 0. The van der Waals surface area contributed by atoms with Crippen molar-refractivity contribution in [3.63, 3.8) is 0 Å². The predicted octanol–water partition coefficient (Wildman–Crippen LogP) is 11.0. The van der Waals surface area contributed by atoms with Gasteiger partial charge in [-0.2, -0.15) is 0 Å². The number of ether oxygens (including phenoxy) is 2. The van der Waals surface area contributed by atoms with Crippen molar-refractivity contribution < 1.29 is 9.47 Å². The van der Waals surface area contributed by atoms with Crippen molar-refractivity contribution in [1.29, 1.82) is 0 Å². The maximum atomic E-state index is 6.00. The molecule has 0 radical (unpaired) electrons. The van der Waals surface area contributed by atoms with E-state index in [0.29, 0.717) is 0 Å². The van der Waals surface area contributed by atoms with Crippen LogP contribution in [0.15, 0.2) is 21.1 Å². The van der Waals surface area contributed by atoms with Crippen LogP contribution in [0.4, 0.5) is 0 Å². The summed E-state index contributed by atoms with van der Waals surface area (Å²) in [5, 5.41) is 0. The van der Waals surface area contributed by atoms with Gasteiger partial charge in [0.2, 0.25) is 0 Å². The molecule has 0 aliphatic heterocycles. The molecule has 0 saturated heterocycles. The Kier molecular flexibility index (Phi) is 19.9. The molecule has 32 heavy (non-hydrogen) atoms. The molecule has 0 amide bonds. The Bertz CT molecular complexity index is 513. The molecule has 1 rings (SSSR count). The van der Waals surface area contributed by atoms with Crippen molar-refractivity contribution in [3.05, 3.63) is 21.1 Å². The molecule has 0 unspecified atom stereocenters. The normalized spacial score (nSPS) is 11.1. The largest absolute Gasteiger partial charge is 0.492 e. The Morgan fingerprint density at radius 2 is 0.750 bits per heavy atom. The van der Waals surface area contributed by atoms with E-state index < -0.39 is 0 Å². The van der Waals surface area contributed by atoms with E-state index in [1.807, 2.05) is 12.1 Å². The van der Waals surface area contributed by atoms with Crippen molar-refractivity contribution in [3.8, 4) is 11.5 Å². The van der Waals surface area contributed by atoms with Crippen molar-refractivity contribution in [2.24, 2.45) is 0 Å². The Hall–Kier alpha value is -0.220. The van der Waals surface area contributed by atoms with Gasteiger partial charge in [-0.25, -0.2) is 0 Å². The minimum atomic E-state index is 0.777. The number of benzene rings is 1. The smallest absolute Gasteiger partial charge is 0.134 e. The molecule has 4 heteroatoms. The molecular formula is C28H48Br2O2. The van der Waals surface area contributed by atoms with E-state index in [9.17, 15) is 0 Å². The molecule has 0 aliphatic rings. The highest BCUT2D eigenvalue weighted by atomic mass is 79.9. The molecule has 0 heterocycles. The third kappa shape index (κ3) is 15.6. The maximum absolute atomic E-state index is 6.00. The first-order valence-corrected chi connectivity index (χ1v) is 15.0. The number of hydrogen-bond donors (Lipinski definition) is 0. The fourth-order valence-corrected chi connectivity index (χ4v) is 4.79. The molecular weight excluding hydrogens is 528 g/mol. The molecule has 0 saturated carbocycles. The van der Waals surface area contributed by atoms with Crippen LogP contribution < -0.4 is 9.47 Å². The van der Waals surface area contributed by atoms with E-state index in [1.54, 1.807) is 0 Å². The zero-order valence-electron chi connectivity index (χ0n) is 20.9. The minimum Gasteiger partial charge on any atom is -0.492 e. The van der Waals surface area contributed by atoms with Gasteiger partial charge in [-0.05, 0) is 56.8 Å². The first-order valence-electron chi connectivity index (χ1n) is 13.4. The van der Waals surface area contributed by atoms with Gasteiger partial charge in [-0.3, -0.25) is 0 Å². The Labute approximate surface area is 215 Å². The van der Waals surface area contributed by atoms with Gasteiger partial charge in [0.1, 0.15) is 11.5 Å². The first kappa shape index (κ1) is 29.8. The fraction of sp³-hybridized carbons (Fsp3) is 0.786. The lowest BCUT2D eigenvalue weighted by molar-refractivity contribution is 0.293. The van der Waals surface area contributed by atoms with Gasteiger partial charge in [0, 0.05) is 0 Å². The second kappa shape index (κ2) is 21.3. The molecule has 0 spiro atoms. The van der Waals surface area contributed by atoms with E-state index in [4.69, 9.17) is 9.47 Å². The Morgan fingerprint density at radius 1 is 0.469 bits per heavy atom. The van der Waals surface area contributed by atoms with Crippen LogP contribution in [0, 0.1) is 0 Å². The summed E-state index contributed by atoms with van der Waals surface area (Å²) in [6, 6.07) is 4.06. The molecule has 0 N–H and O–H groups in total. The summed E-state index contributed by atoms with van der Waals surface area (Å²) in [6.45, 7) is 6.10. The van der Waals surface area contributed by atoms with E-state index >= 15 is 0 Å². The van der Waals surface area contributed by atoms with Gasteiger partial charge in [-0.1, -0.05) is 117 Å². The molecule has 1 aromatic rings. The van der Waals surface area contributed by atoms with Crippen molar-refractivity contribution in [2.75, 3.05) is 13.2 Å². The highest BCUT2D eigenvalue weighted by Gasteiger charge is 2.09. The van der Waals surface area contributed by atoms with Crippen LogP contribution in [-0.4, -0.2) is 13.2 Å². The molecule has 0 bridgehead atoms. The van der Waals surface area contributed by atoms with Crippen LogP contribution in [0.25, 0.3) is 0 Å². The predicted molar refractivity (Wildman–Crippen MR) is 147 cm³/mol. The second-order valence-electron chi connectivity index (χ2n) is 9.07. The third-order valence-electron chi connectivity index (χ3n) is 6.00. The zero-order chi connectivity index (χ0) is 23.3. The SMILES string of the molecule is CCCCCCCCCCCOc1cc(Br)c(OCCCCCCCCCCC)cc1Br. The molecule has 186 valence electrons. The van der Waals surface area contributed by atoms with Gasteiger partial charge >= 0.3 is 0 Å². The van der Waals surface area contributed by atoms with E-state index in [1.165, 1.54) is 103 Å². The van der Waals surface area contributed by atoms with Gasteiger partial charge in [-0.15, -0.1) is 0 Å². The zero-order valence-corrected chi connectivity index (χ0v) is 24.0. The van der Waals surface area contributed by atoms with Crippen LogP contribution in [0.1, 0.15) is 129 Å². The monoisotopic (exact) mass is 574 g/mol. The second-order valence-corrected chi connectivity index (χ2v) is 10.8. The average molecular weight is 576 g/mol. The quantitative estimate of drug-likeness (QED) is 0.128. The van der Waals surface area contributed by atoms with E-state index in [-0.39, 0.29) is 0 Å². The standard InChI is InChI=1S/C28H48Br2O2/c1-3-5-7-9-11-13-15-17-19-21-31-27-23-26(30)28(24-25(27)29)32-22-20-18-16-14-12-10-8-6-4-2/h23-24H,3-22H2,1-2H3. The van der Waals surface area contributed by atoms with Crippen molar-refractivity contribution in [2.45, 2.75) is 129 Å². The average Bonchev–Trinajstić information content (AvgIpc) is 2.79.